The molecule has 8 nitrogen and oxygen atoms in total. The molecule has 3 N–H and O–H groups in total. The van der Waals surface area contributed by atoms with Crippen molar-refractivity contribution in [3.8, 4) is 0 Å². The molecule has 0 saturated carbocycles. The van der Waals surface area contributed by atoms with Crippen LogP contribution in [-0.2, 0) is 30.4 Å². The van der Waals surface area contributed by atoms with Crippen LogP contribution in [0.15, 0.2) is 28.8 Å². The van der Waals surface area contributed by atoms with Gasteiger partial charge in [-0.25, -0.2) is 4.99 Å². The zero-order chi connectivity index (χ0) is 20.1. The van der Waals surface area contributed by atoms with E-state index in [4.69, 9.17) is 0 Å². The highest BCUT2D eigenvalue weighted by Gasteiger charge is 2.25. The van der Waals surface area contributed by atoms with E-state index in [1.807, 2.05) is 18.9 Å². The van der Waals surface area contributed by atoms with Gasteiger partial charge in [-0.3, -0.25) is 9.48 Å². The van der Waals surface area contributed by atoms with Crippen LogP contribution in [0.3, 0.4) is 0 Å². The first-order valence-corrected chi connectivity index (χ1v) is 10.3. The Morgan fingerprint density at radius 1 is 1.45 bits per heavy atom. The molecule has 3 rings (SSSR count). The maximum absolute atomic E-state index is 12.6. The van der Waals surface area contributed by atoms with Gasteiger partial charge >= 0.3 is 0 Å². The van der Waals surface area contributed by atoms with E-state index in [1.54, 1.807) is 35.3 Å². The van der Waals surface area contributed by atoms with Gasteiger partial charge in [-0.1, -0.05) is 0 Å². The summed E-state index contributed by atoms with van der Waals surface area (Å²) in [7, 11) is 1.81. The van der Waals surface area contributed by atoms with Gasteiger partial charge in [-0.15, -0.1) is 35.3 Å². The number of nitrogens with one attached hydrogen (secondary N) is 2. The maximum atomic E-state index is 12.6. The summed E-state index contributed by atoms with van der Waals surface area (Å²) in [5, 5.41) is 23.1. The van der Waals surface area contributed by atoms with Crippen molar-refractivity contribution in [1.29, 1.82) is 0 Å². The summed E-state index contributed by atoms with van der Waals surface area (Å²) in [6.45, 7) is 6.06. The SMILES string of the molecule is CCNC(=NCC(=O)N1CCc2sccc2C1)NCC(C)(O)c1cnn(C)c1.I. The van der Waals surface area contributed by atoms with Crippen molar-refractivity contribution >= 4 is 47.2 Å². The Labute approximate surface area is 192 Å². The molecule has 1 atom stereocenters. The van der Waals surface area contributed by atoms with Crippen molar-refractivity contribution in [3.63, 3.8) is 0 Å². The lowest BCUT2D eigenvalue weighted by atomic mass is 10.00. The lowest BCUT2D eigenvalue weighted by Gasteiger charge is -2.27. The second kappa shape index (κ2) is 10.4. The minimum atomic E-state index is -1.10. The summed E-state index contributed by atoms with van der Waals surface area (Å²) in [5.41, 5.74) is 0.858. The topological polar surface area (TPSA) is 94.8 Å². The molecule has 0 aliphatic carbocycles. The second-order valence-electron chi connectivity index (χ2n) is 7.16. The largest absolute Gasteiger partial charge is 0.383 e. The van der Waals surface area contributed by atoms with Gasteiger partial charge in [0.1, 0.15) is 12.1 Å². The lowest BCUT2D eigenvalue weighted by molar-refractivity contribution is -0.130. The first kappa shape index (κ1) is 23.6. The molecular weight excluding hydrogens is 503 g/mol. The van der Waals surface area contributed by atoms with Crippen LogP contribution in [0.1, 0.15) is 29.9 Å². The molecule has 1 aliphatic heterocycles. The van der Waals surface area contributed by atoms with Crippen LogP contribution in [0.2, 0.25) is 0 Å². The number of amides is 1. The fraction of sp³-hybridized carbons (Fsp3) is 0.526. The number of fused-ring (bicyclic) bond motifs is 1. The van der Waals surface area contributed by atoms with Crippen LogP contribution in [0.4, 0.5) is 0 Å². The smallest absolute Gasteiger partial charge is 0.244 e. The Hall–Kier alpha value is -1.66. The van der Waals surface area contributed by atoms with Gasteiger partial charge in [-0.05, 0) is 37.3 Å². The third-order valence-electron chi connectivity index (χ3n) is 4.80. The lowest BCUT2D eigenvalue weighted by Crippen LogP contribution is -2.45. The van der Waals surface area contributed by atoms with Gasteiger partial charge in [0, 0.05) is 43.3 Å². The monoisotopic (exact) mass is 532 g/mol. The van der Waals surface area contributed by atoms with Gasteiger partial charge in [0.25, 0.3) is 0 Å². The molecule has 0 saturated heterocycles. The van der Waals surface area contributed by atoms with Crippen molar-refractivity contribution in [2.24, 2.45) is 12.0 Å². The van der Waals surface area contributed by atoms with Crippen molar-refractivity contribution in [3.05, 3.63) is 39.8 Å². The number of nitrogens with zero attached hydrogens (tertiary/aromatic N) is 4. The molecule has 0 aromatic carbocycles. The number of halogens is 1. The van der Waals surface area contributed by atoms with Gasteiger partial charge in [-0.2, -0.15) is 5.10 Å². The fourth-order valence-electron chi connectivity index (χ4n) is 3.11. The minimum absolute atomic E-state index is 0. The van der Waals surface area contributed by atoms with E-state index >= 15 is 0 Å². The van der Waals surface area contributed by atoms with Gasteiger partial charge in [0.2, 0.25) is 5.91 Å². The molecule has 0 radical (unpaired) electrons. The number of hydrogen-bond acceptors (Lipinski definition) is 5. The number of aliphatic hydroxyl groups is 1. The van der Waals surface area contributed by atoms with Crippen LogP contribution in [0.25, 0.3) is 0 Å². The van der Waals surface area contributed by atoms with Crippen LogP contribution in [-0.4, -0.2) is 57.8 Å². The number of carbonyl (C=O) groups excluding carboxylic acids is 1. The fourth-order valence-corrected chi connectivity index (χ4v) is 4.00. The summed E-state index contributed by atoms with van der Waals surface area (Å²) >= 11 is 1.76. The Bertz CT molecular complexity index is 847. The van der Waals surface area contributed by atoms with Crippen LogP contribution >= 0.6 is 35.3 Å². The van der Waals surface area contributed by atoms with Crippen LogP contribution in [0.5, 0.6) is 0 Å². The molecule has 10 heteroatoms. The Morgan fingerprint density at radius 2 is 2.24 bits per heavy atom. The number of rotatable bonds is 6. The Morgan fingerprint density at radius 3 is 2.93 bits per heavy atom. The van der Waals surface area contributed by atoms with Gasteiger partial charge in [0.05, 0.1) is 12.7 Å². The molecule has 0 bridgehead atoms. The predicted molar refractivity (Wildman–Crippen MR) is 126 cm³/mol. The molecular formula is C19H29IN6O2S. The third-order valence-corrected chi connectivity index (χ3v) is 5.83. The van der Waals surface area contributed by atoms with Crippen molar-refractivity contribution in [2.45, 2.75) is 32.4 Å². The number of aryl methyl sites for hydroxylation is 1. The highest BCUT2D eigenvalue weighted by molar-refractivity contribution is 14.0. The minimum Gasteiger partial charge on any atom is -0.383 e. The third kappa shape index (κ3) is 6.16. The number of guanidine groups is 1. The second-order valence-corrected chi connectivity index (χ2v) is 8.16. The van der Waals surface area contributed by atoms with Gasteiger partial charge < -0.3 is 20.6 Å². The molecule has 1 unspecified atom stereocenters. The van der Waals surface area contributed by atoms with E-state index in [0.717, 1.165) is 13.0 Å². The average Bonchev–Trinajstić information content (AvgIpc) is 3.32. The molecule has 0 fully saturated rings. The number of hydrogen-bond donors (Lipinski definition) is 3. The molecule has 2 aromatic heterocycles. The zero-order valence-corrected chi connectivity index (χ0v) is 20.2. The molecule has 0 spiro atoms. The normalized spacial score (nSPS) is 15.9. The van der Waals surface area contributed by atoms with Crippen LogP contribution in [0, 0.1) is 0 Å². The zero-order valence-electron chi connectivity index (χ0n) is 17.0. The first-order valence-electron chi connectivity index (χ1n) is 9.45. The summed E-state index contributed by atoms with van der Waals surface area (Å²) < 4.78 is 1.65. The van der Waals surface area contributed by atoms with E-state index in [1.165, 1.54) is 10.4 Å². The van der Waals surface area contributed by atoms with Gasteiger partial charge in [0.15, 0.2) is 5.96 Å². The Kier molecular flexibility index (Phi) is 8.46. The summed E-state index contributed by atoms with van der Waals surface area (Å²) in [5.74, 6) is 0.515. The molecule has 1 amide bonds. The van der Waals surface area contributed by atoms with Crippen molar-refractivity contribution in [2.75, 3.05) is 26.2 Å². The quantitative estimate of drug-likeness (QED) is 0.298. The number of aliphatic imine (C=N–C) groups is 1. The summed E-state index contributed by atoms with van der Waals surface area (Å²) in [4.78, 5) is 20.2. The number of aromatic nitrogens is 2. The molecule has 1 aliphatic rings. The van der Waals surface area contributed by atoms with Crippen molar-refractivity contribution in [1.82, 2.24) is 25.3 Å². The van der Waals surface area contributed by atoms with Crippen molar-refractivity contribution < 1.29 is 9.90 Å². The highest BCUT2D eigenvalue weighted by atomic mass is 127. The highest BCUT2D eigenvalue weighted by Crippen LogP contribution is 2.24. The number of carbonyl (C=O) groups is 1. The summed E-state index contributed by atoms with van der Waals surface area (Å²) in [6, 6.07) is 2.09. The maximum Gasteiger partial charge on any atom is 0.244 e. The summed E-state index contributed by atoms with van der Waals surface area (Å²) in [6.07, 6.45) is 4.34. The van der Waals surface area contributed by atoms with E-state index < -0.39 is 5.60 Å². The van der Waals surface area contributed by atoms with E-state index in [-0.39, 0.29) is 43.0 Å². The predicted octanol–water partition coefficient (Wildman–Crippen LogP) is 1.45. The first-order chi connectivity index (χ1) is 13.4. The average molecular weight is 532 g/mol. The molecule has 29 heavy (non-hydrogen) atoms. The van der Waals surface area contributed by atoms with E-state index in [2.05, 4.69) is 32.2 Å². The molecule has 160 valence electrons. The van der Waals surface area contributed by atoms with Crippen LogP contribution < -0.4 is 10.6 Å². The Balaban J connectivity index is 0.00000300. The van der Waals surface area contributed by atoms with E-state index in [0.29, 0.717) is 24.6 Å². The molecule has 3 heterocycles. The molecule has 2 aromatic rings. The van der Waals surface area contributed by atoms with E-state index in [9.17, 15) is 9.90 Å². The number of thiophene rings is 1. The standard InChI is InChI=1S/C19H28N6O2S.HI/c1-4-20-18(22-13-19(2,27)15-9-23-24(3)12-15)21-10-17(26)25-7-5-16-14(11-25)6-8-28-16;/h6,8-9,12,27H,4-5,7,10-11,13H2,1-3H3,(H2,20,21,22);1H.